The van der Waals surface area contributed by atoms with Crippen molar-refractivity contribution in [3.8, 4) is 0 Å². The molecule has 0 saturated heterocycles. The quantitative estimate of drug-likeness (QED) is 0.576. The van der Waals surface area contributed by atoms with Gasteiger partial charge in [-0.05, 0) is 92.7 Å². The lowest BCUT2D eigenvalue weighted by atomic mass is 9.48. The van der Waals surface area contributed by atoms with E-state index >= 15 is 0 Å². The van der Waals surface area contributed by atoms with Crippen LogP contribution in [0.1, 0.15) is 69.9 Å². The van der Waals surface area contributed by atoms with Gasteiger partial charge in [-0.15, -0.1) is 0 Å². The van der Waals surface area contributed by atoms with Crippen molar-refractivity contribution in [3.63, 3.8) is 0 Å². The van der Waals surface area contributed by atoms with E-state index in [0.29, 0.717) is 6.61 Å². The van der Waals surface area contributed by atoms with Crippen molar-refractivity contribution < 1.29 is 4.74 Å². The van der Waals surface area contributed by atoms with Crippen LogP contribution in [0.25, 0.3) is 5.52 Å². The second kappa shape index (κ2) is 6.99. The summed E-state index contributed by atoms with van der Waals surface area (Å²) in [4.78, 5) is 0. The Morgan fingerprint density at radius 3 is 2.50 bits per heavy atom. The number of hydrogen-bond donors (Lipinski definition) is 0. The number of hydrogen-bond acceptors (Lipinski definition) is 2. The van der Waals surface area contributed by atoms with Crippen LogP contribution in [-0.2, 0) is 11.3 Å². The number of pyridine rings is 1. The van der Waals surface area contributed by atoms with E-state index in [2.05, 4.69) is 17.2 Å². The standard InChI is InChI=1S/C23H32N2O/c1(3-7-23-14-18-10-19(15-23)12-20(11-18)16-23)5-9-26-17-21-13-22-6-2-4-8-25(22)24-21/h2,4,6,8,13,18-20H,1,3,5,7,9-12,14-17H2. The third-order valence-corrected chi connectivity index (χ3v) is 7.33. The van der Waals surface area contributed by atoms with Gasteiger partial charge in [-0.2, -0.15) is 5.10 Å². The smallest absolute Gasteiger partial charge is 0.0906 e. The average Bonchev–Trinajstić information content (AvgIpc) is 3.02. The van der Waals surface area contributed by atoms with E-state index in [-0.39, 0.29) is 0 Å². The molecule has 4 aliphatic carbocycles. The molecule has 2 aromatic heterocycles. The summed E-state index contributed by atoms with van der Waals surface area (Å²) in [7, 11) is 0. The fourth-order valence-electron chi connectivity index (χ4n) is 6.72. The normalized spacial score (nSPS) is 32.5. The van der Waals surface area contributed by atoms with E-state index in [1.165, 1.54) is 25.7 Å². The number of ether oxygens (including phenoxy) is 1. The highest BCUT2D eigenvalue weighted by Crippen LogP contribution is 2.61. The van der Waals surface area contributed by atoms with Crippen molar-refractivity contribution in [1.29, 1.82) is 0 Å². The molecule has 0 unspecified atom stereocenters. The molecular weight excluding hydrogens is 320 g/mol. The van der Waals surface area contributed by atoms with Crippen LogP contribution < -0.4 is 0 Å². The second-order valence-corrected chi connectivity index (χ2v) is 9.49. The van der Waals surface area contributed by atoms with Crippen LogP contribution in [0.2, 0.25) is 0 Å². The van der Waals surface area contributed by atoms with E-state index in [4.69, 9.17) is 4.74 Å². The van der Waals surface area contributed by atoms with Crippen molar-refractivity contribution in [2.75, 3.05) is 6.61 Å². The van der Waals surface area contributed by atoms with Crippen LogP contribution in [0.15, 0.2) is 30.5 Å². The molecule has 0 radical (unpaired) electrons. The van der Waals surface area contributed by atoms with Crippen LogP contribution in [0.4, 0.5) is 0 Å². The summed E-state index contributed by atoms with van der Waals surface area (Å²) in [6, 6.07) is 8.26. The molecule has 0 amide bonds. The molecule has 2 aromatic rings. The third kappa shape index (κ3) is 3.43. The van der Waals surface area contributed by atoms with E-state index < -0.39 is 0 Å². The van der Waals surface area contributed by atoms with Crippen LogP contribution >= 0.6 is 0 Å². The largest absolute Gasteiger partial charge is 0.375 e. The van der Waals surface area contributed by atoms with Gasteiger partial charge in [-0.1, -0.05) is 18.9 Å². The fraction of sp³-hybridized carbons (Fsp3) is 0.696. The maximum absolute atomic E-state index is 5.87. The molecule has 0 atom stereocenters. The third-order valence-electron chi connectivity index (χ3n) is 7.33. The Hall–Kier alpha value is -1.35. The number of unbranched alkanes of at least 4 members (excludes halogenated alkanes) is 2. The Balaban J connectivity index is 1.01. The summed E-state index contributed by atoms with van der Waals surface area (Å²) in [5.74, 6) is 3.28. The molecule has 4 saturated carbocycles. The molecule has 26 heavy (non-hydrogen) atoms. The lowest BCUT2D eigenvalue weighted by Crippen LogP contribution is -2.45. The Morgan fingerprint density at radius 2 is 1.77 bits per heavy atom. The molecule has 3 heteroatoms. The van der Waals surface area contributed by atoms with E-state index in [9.17, 15) is 0 Å². The van der Waals surface area contributed by atoms with Gasteiger partial charge in [0, 0.05) is 12.8 Å². The van der Waals surface area contributed by atoms with Crippen LogP contribution in [0.5, 0.6) is 0 Å². The first-order valence-corrected chi connectivity index (χ1v) is 10.8. The zero-order valence-corrected chi connectivity index (χ0v) is 15.9. The predicted molar refractivity (Wildman–Crippen MR) is 104 cm³/mol. The van der Waals surface area contributed by atoms with E-state index in [1.54, 1.807) is 38.5 Å². The molecule has 0 spiro atoms. The Morgan fingerprint density at radius 1 is 1.00 bits per heavy atom. The maximum Gasteiger partial charge on any atom is 0.0906 e. The Bertz CT molecular complexity index is 681. The SMILES string of the molecule is c1ccn2nc(COCCCCCC34CC5CC(CC(C5)C3)C4)cc2c1. The Labute approximate surface area is 157 Å². The minimum Gasteiger partial charge on any atom is -0.375 e. The first-order chi connectivity index (χ1) is 12.8. The van der Waals surface area contributed by atoms with Crippen molar-refractivity contribution in [2.45, 2.75) is 70.8 Å². The van der Waals surface area contributed by atoms with Crippen molar-refractivity contribution >= 4 is 5.52 Å². The van der Waals surface area contributed by atoms with Crippen LogP contribution in [0, 0.1) is 23.2 Å². The minimum atomic E-state index is 0.636. The predicted octanol–water partition coefficient (Wildman–Crippen LogP) is 5.63. The van der Waals surface area contributed by atoms with Gasteiger partial charge in [-0.25, -0.2) is 4.52 Å². The van der Waals surface area contributed by atoms with Crippen LogP contribution in [-0.4, -0.2) is 16.2 Å². The molecule has 3 nitrogen and oxygen atoms in total. The Kier molecular flexibility index (Phi) is 4.52. The number of fused-ring (bicyclic) bond motifs is 1. The van der Waals surface area contributed by atoms with Crippen molar-refractivity contribution in [2.24, 2.45) is 23.2 Å². The fourth-order valence-corrected chi connectivity index (χ4v) is 6.72. The number of aromatic nitrogens is 2. The highest BCUT2D eigenvalue weighted by atomic mass is 16.5. The van der Waals surface area contributed by atoms with E-state index in [1.807, 2.05) is 22.8 Å². The van der Waals surface area contributed by atoms with E-state index in [0.717, 1.165) is 41.0 Å². The summed E-state index contributed by atoms with van der Waals surface area (Å²) in [5.41, 5.74) is 2.93. The molecule has 6 rings (SSSR count). The van der Waals surface area contributed by atoms with Gasteiger partial charge in [-0.3, -0.25) is 0 Å². The van der Waals surface area contributed by atoms with Gasteiger partial charge in [0.2, 0.25) is 0 Å². The summed E-state index contributed by atoms with van der Waals surface area (Å²) in [5, 5.41) is 4.54. The van der Waals surface area contributed by atoms with Gasteiger partial charge in [0.1, 0.15) is 0 Å². The molecule has 0 N–H and O–H groups in total. The zero-order chi connectivity index (χ0) is 17.4. The van der Waals surface area contributed by atoms with Gasteiger partial charge < -0.3 is 4.74 Å². The monoisotopic (exact) mass is 352 g/mol. The van der Waals surface area contributed by atoms with Gasteiger partial charge in [0.15, 0.2) is 0 Å². The maximum atomic E-state index is 5.87. The first-order valence-electron chi connectivity index (χ1n) is 10.8. The van der Waals surface area contributed by atoms with Gasteiger partial charge >= 0.3 is 0 Å². The molecule has 2 heterocycles. The number of nitrogens with zero attached hydrogens (tertiary/aromatic N) is 2. The molecule has 140 valence electrons. The highest BCUT2D eigenvalue weighted by molar-refractivity contribution is 5.46. The second-order valence-electron chi connectivity index (χ2n) is 9.49. The van der Waals surface area contributed by atoms with Crippen molar-refractivity contribution in [1.82, 2.24) is 9.61 Å². The summed E-state index contributed by atoms with van der Waals surface area (Å²) in [6.07, 6.45) is 16.8. The topological polar surface area (TPSA) is 26.5 Å². The highest BCUT2D eigenvalue weighted by Gasteiger charge is 2.50. The summed E-state index contributed by atoms with van der Waals surface area (Å²) >= 11 is 0. The summed E-state index contributed by atoms with van der Waals surface area (Å²) in [6.45, 7) is 1.51. The molecule has 4 bridgehead atoms. The zero-order valence-electron chi connectivity index (χ0n) is 15.9. The lowest BCUT2D eigenvalue weighted by Gasteiger charge is -2.57. The minimum absolute atomic E-state index is 0.636. The molecular formula is C23H32N2O. The molecule has 0 aliphatic heterocycles. The number of rotatable bonds is 8. The average molecular weight is 353 g/mol. The molecule has 4 fully saturated rings. The summed E-state index contributed by atoms with van der Waals surface area (Å²) < 4.78 is 7.79. The van der Waals surface area contributed by atoms with Crippen molar-refractivity contribution in [3.05, 3.63) is 36.2 Å². The lowest BCUT2D eigenvalue weighted by molar-refractivity contribution is -0.0585. The van der Waals surface area contributed by atoms with Gasteiger partial charge in [0.05, 0.1) is 17.8 Å². The van der Waals surface area contributed by atoms with Gasteiger partial charge in [0.25, 0.3) is 0 Å². The molecule has 4 aliphatic rings. The first kappa shape index (κ1) is 16.8. The van der Waals surface area contributed by atoms with Crippen LogP contribution in [0.3, 0.4) is 0 Å². The molecule has 0 aromatic carbocycles.